The summed E-state index contributed by atoms with van der Waals surface area (Å²) in [4.78, 5) is 4.72. The van der Waals surface area contributed by atoms with Crippen molar-refractivity contribution in [1.82, 2.24) is 8.80 Å². The molecule has 0 atom stereocenters. The molecule has 0 radical (unpaired) electrons. The van der Waals surface area contributed by atoms with Crippen LogP contribution in [0, 0.1) is 0 Å². The Hall–Kier alpha value is -17.1. The lowest BCUT2D eigenvalue weighted by Gasteiger charge is -2.27. The molecule has 6 heteroatoms. The van der Waals surface area contributed by atoms with E-state index >= 15 is 0 Å². The fraction of sp³-hybridized carbons (Fsp3) is 0. The van der Waals surface area contributed by atoms with E-state index in [9.17, 15) is 0 Å². The minimum Gasteiger partial charge on any atom is -0.456 e. The van der Waals surface area contributed by atoms with Crippen molar-refractivity contribution in [2.45, 2.75) is 0 Å². The highest BCUT2D eigenvalue weighted by molar-refractivity contribution is 6.25. The number of para-hydroxylation sites is 4. The zero-order chi connectivity index (χ0) is 84.0. The first kappa shape index (κ1) is 72.6. The van der Waals surface area contributed by atoms with Crippen molar-refractivity contribution in [2.75, 3.05) is 9.80 Å². The molecular formula is C122H76N4O2. The minimum atomic E-state index is 0.844. The maximum Gasteiger partial charge on any atom is 0.137 e. The predicted octanol–water partition coefficient (Wildman–Crippen LogP) is 34.3. The van der Waals surface area contributed by atoms with E-state index in [-0.39, 0.29) is 0 Å². The molecule has 6 nitrogen and oxygen atoms in total. The van der Waals surface area contributed by atoms with E-state index in [2.05, 4.69) is 468 Å². The van der Waals surface area contributed by atoms with Crippen molar-refractivity contribution in [2.24, 2.45) is 0 Å². The molecule has 0 aliphatic heterocycles. The Morgan fingerprint density at radius 2 is 0.469 bits per heavy atom. The number of benzene rings is 20. The van der Waals surface area contributed by atoms with Crippen molar-refractivity contribution in [3.63, 3.8) is 0 Å². The van der Waals surface area contributed by atoms with Crippen molar-refractivity contribution < 1.29 is 8.83 Å². The normalized spacial score (nSPS) is 11.9. The van der Waals surface area contributed by atoms with Crippen LogP contribution in [0.15, 0.2) is 470 Å². The van der Waals surface area contributed by atoms with Crippen LogP contribution in [0.4, 0.5) is 34.1 Å². The Labute approximate surface area is 737 Å². The number of hydrogen-bond acceptors (Lipinski definition) is 4. The average Bonchev–Trinajstić information content (AvgIpc) is 1.54. The largest absolute Gasteiger partial charge is 0.456 e. The van der Waals surface area contributed by atoms with Crippen LogP contribution in [0.2, 0.25) is 0 Å². The lowest BCUT2D eigenvalue weighted by Crippen LogP contribution is -2.10. The van der Waals surface area contributed by atoms with Crippen LogP contribution >= 0.6 is 0 Å². The molecule has 0 aliphatic carbocycles. The molecule has 26 rings (SSSR count). The number of fused-ring (bicyclic) bond motifs is 23. The van der Waals surface area contributed by atoms with E-state index in [1.165, 1.54) is 98.2 Å². The van der Waals surface area contributed by atoms with Crippen molar-refractivity contribution in [3.05, 3.63) is 461 Å². The number of rotatable bonds is 14. The molecule has 0 amide bonds. The van der Waals surface area contributed by atoms with Crippen LogP contribution < -0.4 is 9.80 Å². The molecular weight excluding hydrogens is 1550 g/mol. The zero-order valence-electron chi connectivity index (χ0n) is 69.5. The van der Waals surface area contributed by atoms with E-state index in [0.717, 1.165) is 156 Å². The molecule has 0 aliphatic rings. The second-order valence-corrected chi connectivity index (χ2v) is 33.8. The van der Waals surface area contributed by atoms with Crippen LogP contribution in [-0.4, -0.2) is 8.80 Å². The average molecular weight is 1630 g/mol. The SMILES string of the molecule is c1ccc(-c2ccc3c(c2)oc2cc(N(c4ccc(-c5ccc6c(c5)c5ccccc5n5c7ccc(-c8cccc(-c9ccc(-c%10ccc(N(c%11ccc(-c%12ccc%13c(c%12)c%12ccccc%12n%12c%14ccccc%14c(-c%14ccccc%14)c%13%12)cc%11)c%11ccc%12c(c%11)oc%11ccccc%11%12)cc%10)cc9)c8)cc7c(-c7ccccc7)c65)cc4)c4cccc5ccccc45)ccc23)cc1. The van der Waals surface area contributed by atoms with Crippen LogP contribution in [0.25, 0.3) is 220 Å². The molecule has 6 heterocycles. The Balaban J connectivity index is 0.516. The summed E-state index contributed by atoms with van der Waals surface area (Å²) in [6.07, 6.45) is 0. The lowest BCUT2D eigenvalue weighted by molar-refractivity contribution is 0.668. The van der Waals surface area contributed by atoms with Gasteiger partial charge in [-0.25, -0.2) is 0 Å². The van der Waals surface area contributed by atoms with Crippen molar-refractivity contribution in [3.8, 4) is 89.0 Å². The van der Waals surface area contributed by atoms with E-state index in [1.54, 1.807) is 0 Å². The van der Waals surface area contributed by atoms with Gasteiger partial charge in [-0.15, -0.1) is 0 Å². The van der Waals surface area contributed by atoms with Crippen LogP contribution in [0.1, 0.15) is 0 Å². The van der Waals surface area contributed by atoms with Gasteiger partial charge in [-0.3, -0.25) is 0 Å². The summed E-state index contributed by atoms with van der Waals surface area (Å²) in [5.41, 5.74) is 35.4. The fourth-order valence-corrected chi connectivity index (χ4v) is 20.6. The van der Waals surface area contributed by atoms with Gasteiger partial charge in [0.25, 0.3) is 0 Å². The monoisotopic (exact) mass is 1630 g/mol. The van der Waals surface area contributed by atoms with Gasteiger partial charge >= 0.3 is 0 Å². The molecule has 6 aromatic heterocycles. The van der Waals surface area contributed by atoms with Gasteiger partial charge in [-0.05, 0) is 228 Å². The standard InChI is InChI=1S/C122H76N4O2/c1-4-22-77(23-5-1)91-52-64-101-103-68-63-96(76-118(103)128-116(101)74-91)124(110-40-21-29-83-24-10-11-32-97(83)110)94-60-50-82(51-61-94)89-54-66-105-108(72-89)99-34-13-17-38-112(99)126-114-69-55-90(73-109(114)120(122(105)126)85-27-8-3-9-28-85)87-31-20-30-86(70-87)80-44-42-78(43-45-80)79-46-56-92(57-47-79)123(95-62-67-102-100-35-15-19-41-115(100)127-117(102)75-95)93-58-48-81(49-59-93)88-53-65-104-107(71-88)98-33-12-16-37-111(98)125-113-39-18-14-36-106(113)119(121(104)125)84-25-6-2-7-26-84/h1-76H. The van der Waals surface area contributed by atoms with Crippen LogP contribution in [-0.2, 0) is 0 Å². The van der Waals surface area contributed by atoms with E-state index < -0.39 is 0 Å². The summed E-state index contributed by atoms with van der Waals surface area (Å²) in [7, 11) is 0. The van der Waals surface area contributed by atoms with Crippen LogP contribution in [0.3, 0.4) is 0 Å². The highest BCUT2D eigenvalue weighted by atomic mass is 16.3. The summed E-state index contributed by atoms with van der Waals surface area (Å²) in [6, 6.07) is 169. The van der Waals surface area contributed by atoms with Gasteiger partial charge in [0.15, 0.2) is 0 Å². The molecule has 128 heavy (non-hydrogen) atoms. The Morgan fingerprint density at radius 1 is 0.156 bits per heavy atom. The predicted molar refractivity (Wildman–Crippen MR) is 538 cm³/mol. The highest BCUT2D eigenvalue weighted by Gasteiger charge is 2.26. The van der Waals surface area contributed by atoms with Gasteiger partial charge in [0.2, 0.25) is 0 Å². The van der Waals surface area contributed by atoms with Gasteiger partial charge in [-0.2, -0.15) is 0 Å². The smallest absolute Gasteiger partial charge is 0.137 e. The number of anilines is 6. The first-order valence-corrected chi connectivity index (χ1v) is 43.9. The number of nitrogens with zero attached hydrogens (tertiary/aromatic N) is 4. The second-order valence-electron chi connectivity index (χ2n) is 33.8. The van der Waals surface area contributed by atoms with Gasteiger partial charge < -0.3 is 27.4 Å². The third kappa shape index (κ3) is 11.8. The zero-order valence-corrected chi connectivity index (χ0v) is 69.5. The topological polar surface area (TPSA) is 41.6 Å². The van der Waals surface area contributed by atoms with Crippen molar-refractivity contribution >= 4 is 165 Å². The number of furan rings is 2. The quantitative estimate of drug-likeness (QED) is 0.102. The Kier molecular flexibility index (Phi) is 16.6. The molecule has 596 valence electrons. The van der Waals surface area contributed by atoms with Gasteiger partial charge in [-0.1, -0.05) is 315 Å². The van der Waals surface area contributed by atoms with Crippen LogP contribution in [0.5, 0.6) is 0 Å². The van der Waals surface area contributed by atoms with E-state index in [1.807, 2.05) is 12.1 Å². The molecule has 0 saturated carbocycles. The molecule has 26 aromatic rings. The summed E-state index contributed by atoms with van der Waals surface area (Å²) in [5, 5.41) is 16.4. The maximum atomic E-state index is 6.77. The maximum absolute atomic E-state index is 6.77. The fourth-order valence-electron chi connectivity index (χ4n) is 20.6. The lowest BCUT2D eigenvalue weighted by atomic mass is 9.94. The first-order valence-electron chi connectivity index (χ1n) is 43.9. The second kappa shape index (κ2) is 29.3. The van der Waals surface area contributed by atoms with Gasteiger partial charge in [0.1, 0.15) is 22.3 Å². The third-order valence-corrected chi connectivity index (χ3v) is 26.6. The number of pyridine rings is 2. The van der Waals surface area contributed by atoms with E-state index in [0.29, 0.717) is 0 Å². The summed E-state index contributed by atoms with van der Waals surface area (Å²) in [6.45, 7) is 0. The molecule has 0 saturated heterocycles. The number of hydrogen-bond donors (Lipinski definition) is 0. The van der Waals surface area contributed by atoms with Crippen molar-refractivity contribution in [1.29, 1.82) is 0 Å². The third-order valence-electron chi connectivity index (χ3n) is 26.6. The highest BCUT2D eigenvalue weighted by Crippen LogP contribution is 2.50. The Bertz CT molecular complexity index is 8970. The first-order chi connectivity index (χ1) is 63.4. The van der Waals surface area contributed by atoms with Gasteiger partial charge in [0, 0.05) is 111 Å². The minimum absolute atomic E-state index is 0.844. The summed E-state index contributed by atoms with van der Waals surface area (Å²) >= 11 is 0. The molecule has 0 N–H and O–H groups in total. The molecule has 0 unspecified atom stereocenters. The molecule has 0 fully saturated rings. The van der Waals surface area contributed by atoms with E-state index in [4.69, 9.17) is 8.83 Å². The van der Waals surface area contributed by atoms with Gasteiger partial charge in [0.05, 0.1) is 38.8 Å². The summed E-state index contributed by atoms with van der Waals surface area (Å²) in [5.74, 6) is 0. The molecule has 0 spiro atoms. The summed E-state index contributed by atoms with van der Waals surface area (Å²) < 4.78 is 18.3. The molecule has 20 aromatic carbocycles. The Morgan fingerprint density at radius 3 is 1.03 bits per heavy atom. The molecule has 0 bridgehead atoms. The number of aromatic nitrogens is 2.